The van der Waals surface area contributed by atoms with Gasteiger partial charge in [-0.1, -0.05) is 362 Å². The van der Waals surface area contributed by atoms with Crippen LogP contribution in [-0.4, -0.2) is 46.1 Å². The van der Waals surface area contributed by atoms with Gasteiger partial charge in [-0.05, 0) is 341 Å². The topological polar surface area (TPSA) is 58.0 Å². The second-order valence-electron chi connectivity index (χ2n) is 43.8. The van der Waals surface area contributed by atoms with Crippen molar-refractivity contribution in [3.63, 3.8) is 0 Å². The lowest BCUT2D eigenvalue weighted by Crippen LogP contribution is -2.31. The van der Waals surface area contributed by atoms with Gasteiger partial charge in [-0.2, -0.15) is 0 Å². The summed E-state index contributed by atoms with van der Waals surface area (Å²) in [6.07, 6.45) is 36.5. The molecule has 15 rings (SSSR count). The highest BCUT2D eigenvalue weighted by Crippen LogP contribution is 2.46. The summed E-state index contributed by atoms with van der Waals surface area (Å²) in [4.78, 5) is 22.2. The van der Waals surface area contributed by atoms with E-state index in [9.17, 15) is 0 Å². The molecule has 9 aromatic rings. The molecule has 6 fully saturated rings. The fourth-order valence-electron chi connectivity index (χ4n) is 20.7. The molecule has 0 N–H and O–H groups in total. The standard InChI is InChI=1S/C13H19N.C13H20.C12H18N2.C12H18.2C11H15N.C11H17N.C11H22.C11H16.C10H20.C10H14/c1-11(2)12-7-3-4-8-13(12)14-9-5-6-10-14;1-5-11-8-7-9-12(6-2)13(11)10(3)4;1-10(2)11-6-5-7-13-12(11)14-8-3-4-9-14;1-9(2)11-7-5-6-8-12(11)10(3)4;1-8(2)11-7-12-6-5-10(11)9-3-4-9;1-8(2)10-5-6-12-7-11(10)9-3-4-9;1-8(2)10-6-5-7-12-11(10)9(3)4;1-9(2)10-7-5-6-8-11(10,3)4;1-8(2)11-9(3)6-5-7-10(11)4;2*1-8(2)10-7-5-4-6-9(10)3/h3-4,7-8,11H,5-6,9-10H2,1-2H3;7-10H,5-6H2,1-4H3;5-7,10H,3-4,8-9H2,1-2H3;5-10H,1-4H3;2*5-9H,3-4H2,1-2H3;5-9H,1-4H3;9-10H,5-8H2,1-4H3;5-8H,1-4H3;8-10H,4-7H2,1-3H3;4-8H,1-3H3. The predicted octanol–water partition coefficient (Wildman–Crippen LogP) is 37.4. The van der Waals surface area contributed by atoms with Gasteiger partial charge < -0.3 is 9.80 Å². The van der Waals surface area contributed by atoms with E-state index in [2.05, 4.69) is 399 Å². The normalized spacial score (nSPS) is 16.7. The molecule has 2 aliphatic heterocycles. The van der Waals surface area contributed by atoms with Crippen molar-refractivity contribution in [3.8, 4) is 0 Å². The fourth-order valence-corrected chi connectivity index (χ4v) is 20.7. The molecule has 0 bridgehead atoms. The van der Waals surface area contributed by atoms with Crippen molar-refractivity contribution in [2.24, 2.45) is 35.0 Å². The Bertz CT molecular complexity index is 4160. The number of nitrogens with zero attached hydrogens (tertiary/aromatic N) is 6. The lowest BCUT2D eigenvalue weighted by atomic mass is 9.65. The lowest BCUT2D eigenvalue weighted by Gasteiger charge is -2.41. The third-order valence-electron chi connectivity index (χ3n) is 28.2. The highest BCUT2D eigenvalue weighted by Gasteiger charge is 2.34. The Kier molecular flexibility index (Phi) is 51.5. The molecule has 3 atom stereocenters. The highest BCUT2D eigenvalue weighted by molar-refractivity contribution is 5.56. The molecule has 0 amide bonds. The Morgan fingerprint density at radius 3 is 1.16 bits per heavy atom. The maximum absolute atomic E-state index is 4.51. The molecule has 6 nitrogen and oxygen atoms in total. The van der Waals surface area contributed by atoms with Crippen molar-refractivity contribution >= 4 is 11.5 Å². The van der Waals surface area contributed by atoms with Gasteiger partial charge in [0, 0.05) is 74.7 Å². The first-order valence-corrected chi connectivity index (χ1v) is 52.9. The number of rotatable bonds is 19. The van der Waals surface area contributed by atoms with Gasteiger partial charge in [0.25, 0.3) is 0 Å². The SMILES string of the molecule is CC(C)C1CCCCC1(C)C.CC(C)C1CCCCC1C.CC(C)c1ccccc1C(C)C.CC(C)c1ccccc1N1CCCC1.CC(C)c1cccnc1C(C)C.CC(C)c1cccnc1N1CCCC1.CC(C)c1ccncc1C1CC1.CC(C)c1cnccc1C1CC1.CCc1cccc(CC)c1C(C)C.Cc1cccc(C)c1C(C)C.Cc1ccccc1C(C)C. The Labute approximate surface area is 808 Å². The number of hydrogen-bond donors (Lipinski definition) is 0. The van der Waals surface area contributed by atoms with E-state index in [0.717, 1.165) is 54.3 Å². The van der Waals surface area contributed by atoms with Crippen LogP contribution in [0.3, 0.4) is 0 Å². The molecule has 5 aromatic carbocycles. The van der Waals surface area contributed by atoms with Crippen molar-refractivity contribution < 1.29 is 0 Å². The van der Waals surface area contributed by atoms with E-state index in [1.807, 2.05) is 49.3 Å². The summed E-state index contributed by atoms with van der Waals surface area (Å²) in [7, 11) is 0. The van der Waals surface area contributed by atoms with Crippen molar-refractivity contribution in [1.29, 1.82) is 0 Å². The number of para-hydroxylation sites is 1. The first-order valence-electron chi connectivity index (χ1n) is 52.9. The maximum atomic E-state index is 4.51. The van der Waals surface area contributed by atoms with Gasteiger partial charge in [-0.25, -0.2) is 4.98 Å². The summed E-state index contributed by atoms with van der Waals surface area (Å²) >= 11 is 0. The maximum Gasteiger partial charge on any atom is 0.131 e. The second kappa shape index (κ2) is 59.2. The molecule has 3 unspecified atom stereocenters. The molecule has 131 heavy (non-hydrogen) atoms. The molecular weight excluding hydrogens is 1590 g/mol. The molecule has 2 saturated heterocycles. The summed E-state index contributed by atoms with van der Waals surface area (Å²) < 4.78 is 0. The van der Waals surface area contributed by atoms with E-state index >= 15 is 0 Å². The van der Waals surface area contributed by atoms with Crippen LogP contribution in [0.1, 0.15) is 495 Å². The average Bonchev–Trinajstić information content (AvgIpc) is 1.62. The summed E-state index contributed by atoms with van der Waals surface area (Å²) in [5, 5.41) is 0. The third kappa shape index (κ3) is 38.5. The lowest BCUT2D eigenvalue weighted by molar-refractivity contribution is 0.0958. The van der Waals surface area contributed by atoms with Gasteiger partial charge in [0.15, 0.2) is 0 Å². The zero-order chi connectivity index (χ0) is 97.2. The quantitative estimate of drug-likeness (QED) is 0.0804. The smallest absolute Gasteiger partial charge is 0.131 e. The molecule has 4 saturated carbocycles. The monoisotopic (exact) mass is 1780 g/mol. The van der Waals surface area contributed by atoms with E-state index < -0.39 is 0 Å². The minimum atomic E-state index is 0.531. The summed E-state index contributed by atoms with van der Waals surface area (Å²) in [6, 6.07) is 52.1. The summed E-state index contributed by atoms with van der Waals surface area (Å²) in [5.74, 6) is 14.5. The minimum Gasteiger partial charge on any atom is -0.371 e. The van der Waals surface area contributed by atoms with Gasteiger partial charge in [0.05, 0.1) is 0 Å². The van der Waals surface area contributed by atoms with Crippen LogP contribution in [0.25, 0.3) is 0 Å². The Morgan fingerprint density at radius 1 is 0.321 bits per heavy atom. The summed E-state index contributed by atoms with van der Waals surface area (Å²) in [5.41, 5.74) is 28.4. The van der Waals surface area contributed by atoms with Crippen molar-refractivity contribution in [1.82, 2.24) is 19.9 Å². The first kappa shape index (κ1) is 114. The van der Waals surface area contributed by atoms with Crippen molar-refractivity contribution in [3.05, 3.63) is 283 Å². The number of pyridine rings is 4. The summed E-state index contributed by atoms with van der Waals surface area (Å²) in [6.45, 7) is 81.9. The molecule has 6 heterocycles. The number of aromatic nitrogens is 4. The molecule has 6 aliphatic rings. The Morgan fingerprint density at radius 2 is 0.740 bits per heavy atom. The van der Waals surface area contributed by atoms with E-state index in [4.69, 9.17) is 0 Å². The first-order chi connectivity index (χ1) is 62.2. The van der Waals surface area contributed by atoms with Crippen molar-refractivity contribution in [2.75, 3.05) is 36.0 Å². The van der Waals surface area contributed by atoms with Gasteiger partial charge in [-0.3, -0.25) is 15.0 Å². The van der Waals surface area contributed by atoms with Crippen LogP contribution < -0.4 is 9.80 Å². The molecule has 4 aromatic heterocycles. The molecule has 0 radical (unpaired) electrons. The van der Waals surface area contributed by atoms with Crippen molar-refractivity contribution in [2.45, 2.75) is 428 Å². The zero-order valence-corrected chi connectivity index (χ0v) is 90.5. The Balaban J connectivity index is 0.000000255. The third-order valence-corrected chi connectivity index (χ3v) is 28.2. The average molecular weight is 1780 g/mol. The zero-order valence-electron chi connectivity index (χ0n) is 90.5. The number of benzene rings is 5. The van der Waals surface area contributed by atoms with E-state index in [0.29, 0.717) is 70.5 Å². The minimum absolute atomic E-state index is 0.531. The van der Waals surface area contributed by atoms with Gasteiger partial charge in [0.1, 0.15) is 5.82 Å². The van der Waals surface area contributed by atoms with E-state index in [1.54, 1.807) is 11.1 Å². The Hall–Kier alpha value is -7.70. The van der Waals surface area contributed by atoms with Gasteiger partial charge in [0.2, 0.25) is 0 Å². The largest absolute Gasteiger partial charge is 0.371 e. The molecule has 724 valence electrons. The van der Waals surface area contributed by atoms with Gasteiger partial charge in [-0.15, -0.1) is 0 Å². The van der Waals surface area contributed by atoms with Crippen LogP contribution in [0.15, 0.2) is 183 Å². The molecule has 4 aliphatic carbocycles. The van der Waals surface area contributed by atoms with E-state index in [1.165, 1.54) is 230 Å². The van der Waals surface area contributed by atoms with Gasteiger partial charge >= 0.3 is 0 Å². The van der Waals surface area contributed by atoms with E-state index in [-0.39, 0.29) is 0 Å². The van der Waals surface area contributed by atoms with Crippen LogP contribution in [-0.2, 0) is 12.8 Å². The molecule has 0 spiro atoms. The number of anilines is 2. The van der Waals surface area contributed by atoms with Crippen LogP contribution in [0.4, 0.5) is 11.5 Å². The predicted molar refractivity (Wildman–Crippen MR) is 580 cm³/mol. The number of aryl methyl sites for hydroxylation is 5. The number of hydrogen-bond acceptors (Lipinski definition) is 6. The van der Waals surface area contributed by atoms with Crippen LogP contribution >= 0.6 is 0 Å². The second-order valence-corrected chi connectivity index (χ2v) is 43.8. The fraction of sp³-hybridized carbons (Fsp3) is 0.600. The van der Waals surface area contributed by atoms with Crippen LogP contribution in [0.5, 0.6) is 0 Å². The van der Waals surface area contributed by atoms with Crippen LogP contribution in [0, 0.1) is 55.8 Å². The molecule has 6 heteroatoms. The molecular formula is C125H194N6. The van der Waals surface area contributed by atoms with Crippen LogP contribution in [0.2, 0.25) is 0 Å². The highest BCUT2D eigenvalue weighted by atomic mass is 15.2.